The van der Waals surface area contributed by atoms with Crippen molar-refractivity contribution in [3.8, 4) is 0 Å². The molecule has 0 fully saturated rings. The van der Waals surface area contributed by atoms with Gasteiger partial charge in [-0.2, -0.15) is 0 Å². The molecule has 0 spiro atoms. The van der Waals surface area contributed by atoms with Gasteiger partial charge in [-0.05, 0) is 23.3 Å². The Bertz CT molecular complexity index is 656. The van der Waals surface area contributed by atoms with Crippen LogP contribution < -0.4 is 5.73 Å². The van der Waals surface area contributed by atoms with Gasteiger partial charge in [0.1, 0.15) is 0 Å². The van der Waals surface area contributed by atoms with Crippen LogP contribution in [0.15, 0.2) is 55.0 Å². The molecule has 3 nitrogen and oxygen atoms in total. The summed E-state index contributed by atoms with van der Waals surface area (Å²) in [5.41, 5.74) is 9.41. The number of pyridine rings is 1. The van der Waals surface area contributed by atoms with Crippen molar-refractivity contribution in [3.05, 3.63) is 66.1 Å². The van der Waals surface area contributed by atoms with Gasteiger partial charge in [0.05, 0.1) is 0 Å². The molecule has 0 amide bonds. The van der Waals surface area contributed by atoms with Gasteiger partial charge < -0.3 is 10.3 Å². The predicted octanol–water partition coefficient (Wildman–Crippen LogP) is 2.54. The molecule has 0 saturated carbocycles. The zero-order chi connectivity index (χ0) is 12.4. The molecule has 0 atom stereocenters. The van der Waals surface area contributed by atoms with Crippen molar-refractivity contribution in [2.24, 2.45) is 5.73 Å². The van der Waals surface area contributed by atoms with Crippen molar-refractivity contribution in [1.82, 2.24) is 9.55 Å². The number of para-hydroxylation sites is 1. The normalized spacial score (nSPS) is 10.9. The van der Waals surface area contributed by atoms with Gasteiger partial charge in [-0.15, -0.1) is 0 Å². The van der Waals surface area contributed by atoms with Crippen LogP contribution in [0.5, 0.6) is 0 Å². The number of aromatic nitrogens is 2. The maximum atomic E-state index is 5.80. The molecule has 18 heavy (non-hydrogen) atoms. The fourth-order valence-corrected chi connectivity index (χ4v) is 2.30. The summed E-state index contributed by atoms with van der Waals surface area (Å²) >= 11 is 0. The minimum atomic E-state index is 0.570. The minimum Gasteiger partial charge on any atom is -0.343 e. The summed E-state index contributed by atoms with van der Waals surface area (Å²) < 4.78 is 2.23. The molecule has 3 rings (SSSR count). The van der Waals surface area contributed by atoms with Gasteiger partial charge in [0.15, 0.2) is 0 Å². The van der Waals surface area contributed by atoms with Gasteiger partial charge in [-0.1, -0.05) is 24.3 Å². The molecule has 3 aromatic rings. The Morgan fingerprint density at radius 1 is 1.11 bits per heavy atom. The molecule has 0 bridgehead atoms. The Labute approximate surface area is 106 Å². The second-order valence-corrected chi connectivity index (χ2v) is 4.36. The lowest BCUT2D eigenvalue weighted by molar-refractivity contribution is 0.825. The van der Waals surface area contributed by atoms with Gasteiger partial charge in [0.2, 0.25) is 0 Å². The first-order chi connectivity index (χ1) is 8.88. The topological polar surface area (TPSA) is 43.8 Å². The van der Waals surface area contributed by atoms with Crippen molar-refractivity contribution in [2.75, 3.05) is 0 Å². The Hall–Kier alpha value is -2.13. The van der Waals surface area contributed by atoms with E-state index in [-0.39, 0.29) is 0 Å². The number of nitrogens with zero attached hydrogens (tertiary/aromatic N) is 2. The second kappa shape index (κ2) is 4.63. The number of fused-ring (bicyclic) bond motifs is 1. The summed E-state index contributed by atoms with van der Waals surface area (Å²) in [6, 6.07) is 12.4. The Morgan fingerprint density at radius 2 is 2.00 bits per heavy atom. The average molecular weight is 237 g/mol. The molecule has 0 aliphatic rings. The van der Waals surface area contributed by atoms with E-state index in [4.69, 9.17) is 5.73 Å². The van der Waals surface area contributed by atoms with Gasteiger partial charge in [0, 0.05) is 42.6 Å². The van der Waals surface area contributed by atoms with E-state index in [1.165, 1.54) is 22.0 Å². The maximum absolute atomic E-state index is 5.80. The number of nitrogens with two attached hydrogens (primary N) is 1. The van der Waals surface area contributed by atoms with E-state index < -0.39 is 0 Å². The highest BCUT2D eigenvalue weighted by Crippen LogP contribution is 2.21. The van der Waals surface area contributed by atoms with Crippen LogP contribution in [0.4, 0.5) is 0 Å². The number of hydrogen-bond acceptors (Lipinski definition) is 2. The third-order valence-corrected chi connectivity index (χ3v) is 3.17. The molecule has 2 N–H and O–H groups in total. The highest BCUT2D eigenvalue weighted by Gasteiger charge is 2.06. The summed E-state index contributed by atoms with van der Waals surface area (Å²) in [6.45, 7) is 1.40. The summed E-state index contributed by atoms with van der Waals surface area (Å²) in [5, 5.41) is 1.24. The summed E-state index contributed by atoms with van der Waals surface area (Å²) in [4.78, 5) is 4.15. The van der Waals surface area contributed by atoms with Crippen LogP contribution in [0.2, 0.25) is 0 Å². The van der Waals surface area contributed by atoms with Crippen LogP contribution in [0, 0.1) is 0 Å². The van der Waals surface area contributed by atoms with Gasteiger partial charge in [-0.3, -0.25) is 4.98 Å². The molecule has 90 valence electrons. The molecular formula is C15H15N3. The smallest absolute Gasteiger partial charge is 0.0491 e. The fraction of sp³-hybridized carbons (Fsp3) is 0.133. The number of hydrogen-bond donors (Lipinski definition) is 1. The van der Waals surface area contributed by atoms with Gasteiger partial charge in [-0.25, -0.2) is 0 Å². The second-order valence-electron chi connectivity index (χ2n) is 4.36. The van der Waals surface area contributed by atoms with E-state index in [2.05, 4.69) is 46.1 Å². The molecule has 0 aliphatic heterocycles. The van der Waals surface area contributed by atoms with Crippen molar-refractivity contribution in [3.63, 3.8) is 0 Å². The number of benzene rings is 1. The first-order valence-corrected chi connectivity index (χ1v) is 6.04. The highest BCUT2D eigenvalue weighted by molar-refractivity contribution is 5.84. The minimum absolute atomic E-state index is 0.570. The highest BCUT2D eigenvalue weighted by atomic mass is 15.0. The molecular weight excluding hydrogens is 222 g/mol. The van der Waals surface area contributed by atoms with Crippen LogP contribution in [0.25, 0.3) is 10.9 Å². The zero-order valence-electron chi connectivity index (χ0n) is 10.1. The van der Waals surface area contributed by atoms with Crippen molar-refractivity contribution in [2.45, 2.75) is 13.1 Å². The van der Waals surface area contributed by atoms with Crippen LogP contribution in [0.3, 0.4) is 0 Å². The standard InChI is InChI=1S/C15H15N3/c16-8-13-11-18(10-12-4-3-7-17-9-12)15-6-2-1-5-14(13)15/h1-7,9,11H,8,10,16H2. The van der Waals surface area contributed by atoms with Crippen molar-refractivity contribution < 1.29 is 0 Å². The SMILES string of the molecule is NCc1cn(Cc2cccnc2)c2ccccc12. The quantitative estimate of drug-likeness (QED) is 0.760. The lowest BCUT2D eigenvalue weighted by atomic mass is 10.2. The largest absolute Gasteiger partial charge is 0.343 e. The Balaban J connectivity index is 2.07. The fourth-order valence-electron chi connectivity index (χ4n) is 2.30. The van der Waals surface area contributed by atoms with E-state index in [1.807, 2.05) is 12.3 Å². The summed E-state index contributed by atoms with van der Waals surface area (Å²) in [7, 11) is 0. The summed E-state index contributed by atoms with van der Waals surface area (Å²) in [6.07, 6.45) is 5.83. The lowest BCUT2D eigenvalue weighted by Gasteiger charge is -2.04. The van der Waals surface area contributed by atoms with Crippen LogP contribution in [-0.4, -0.2) is 9.55 Å². The van der Waals surface area contributed by atoms with Crippen LogP contribution in [0.1, 0.15) is 11.1 Å². The van der Waals surface area contributed by atoms with Crippen molar-refractivity contribution in [1.29, 1.82) is 0 Å². The van der Waals surface area contributed by atoms with E-state index in [1.54, 1.807) is 6.20 Å². The molecule has 0 saturated heterocycles. The molecule has 0 radical (unpaired) electrons. The predicted molar refractivity (Wildman–Crippen MR) is 73.2 cm³/mol. The Kier molecular flexibility index (Phi) is 2.82. The molecule has 0 aliphatic carbocycles. The van der Waals surface area contributed by atoms with E-state index in [9.17, 15) is 0 Å². The molecule has 2 heterocycles. The average Bonchev–Trinajstić information content (AvgIpc) is 2.78. The number of rotatable bonds is 3. The van der Waals surface area contributed by atoms with E-state index >= 15 is 0 Å². The Morgan fingerprint density at radius 3 is 2.78 bits per heavy atom. The van der Waals surface area contributed by atoms with E-state index in [0.717, 1.165) is 6.54 Å². The third kappa shape index (κ3) is 1.89. The van der Waals surface area contributed by atoms with Crippen LogP contribution in [-0.2, 0) is 13.1 Å². The molecule has 0 unspecified atom stereocenters. The zero-order valence-corrected chi connectivity index (χ0v) is 10.1. The first kappa shape index (κ1) is 11.0. The van der Waals surface area contributed by atoms with Crippen LogP contribution >= 0.6 is 0 Å². The maximum Gasteiger partial charge on any atom is 0.0491 e. The van der Waals surface area contributed by atoms with E-state index in [0.29, 0.717) is 6.54 Å². The van der Waals surface area contributed by atoms with Gasteiger partial charge in [0.25, 0.3) is 0 Å². The molecule has 3 heteroatoms. The van der Waals surface area contributed by atoms with Crippen molar-refractivity contribution >= 4 is 10.9 Å². The third-order valence-electron chi connectivity index (χ3n) is 3.17. The molecule has 1 aromatic carbocycles. The summed E-state index contributed by atoms with van der Waals surface area (Å²) in [5.74, 6) is 0. The first-order valence-electron chi connectivity index (χ1n) is 6.04. The van der Waals surface area contributed by atoms with Gasteiger partial charge >= 0.3 is 0 Å². The lowest BCUT2D eigenvalue weighted by Crippen LogP contribution is -1.98. The monoisotopic (exact) mass is 237 g/mol. The molecule has 2 aromatic heterocycles.